The fourth-order valence-electron chi connectivity index (χ4n) is 2.33. The molecule has 0 bridgehead atoms. The van der Waals surface area contributed by atoms with Crippen LogP contribution in [0.15, 0.2) is 48.5 Å². The van der Waals surface area contributed by atoms with Crippen molar-refractivity contribution in [2.45, 2.75) is 19.3 Å². The highest BCUT2D eigenvalue weighted by Gasteiger charge is 2.12. The zero-order valence-electron chi connectivity index (χ0n) is 14.3. The van der Waals surface area contributed by atoms with E-state index in [1.807, 2.05) is 30.3 Å². The number of methoxy groups -OCH3 is 1. The molecule has 2 aromatic rings. The Morgan fingerprint density at radius 2 is 1.84 bits per heavy atom. The molecule has 0 aliphatic rings. The summed E-state index contributed by atoms with van der Waals surface area (Å²) in [6.45, 7) is 0. The number of hydrogen-bond donors (Lipinski definition) is 1. The van der Waals surface area contributed by atoms with Crippen molar-refractivity contribution in [2.24, 2.45) is 0 Å². The van der Waals surface area contributed by atoms with Gasteiger partial charge in [0.1, 0.15) is 5.75 Å². The molecule has 0 spiro atoms. The summed E-state index contributed by atoms with van der Waals surface area (Å²) in [5.41, 5.74) is 1.44. The van der Waals surface area contributed by atoms with Crippen LogP contribution in [0.3, 0.4) is 0 Å². The average Bonchev–Trinajstić information content (AvgIpc) is 2.62. The molecule has 0 unspecified atom stereocenters. The zero-order chi connectivity index (χ0) is 18.2. The summed E-state index contributed by atoms with van der Waals surface area (Å²) in [7, 11) is 3.26. The summed E-state index contributed by atoms with van der Waals surface area (Å²) in [5, 5.41) is 3.20. The van der Waals surface area contributed by atoms with Crippen molar-refractivity contribution < 1.29 is 14.3 Å². The summed E-state index contributed by atoms with van der Waals surface area (Å²) in [6, 6.07) is 14.5. The van der Waals surface area contributed by atoms with Crippen LogP contribution < -0.4 is 15.0 Å². The minimum absolute atomic E-state index is 0.0218. The first-order chi connectivity index (χ1) is 12.0. The van der Waals surface area contributed by atoms with Crippen molar-refractivity contribution in [1.82, 2.24) is 0 Å². The van der Waals surface area contributed by atoms with Crippen LogP contribution in [0.1, 0.15) is 19.3 Å². The third kappa shape index (κ3) is 5.50. The topological polar surface area (TPSA) is 58.6 Å². The van der Waals surface area contributed by atoms with Gasteiger partial charge in [-0.1, -0.05) is 29.8 Å². The number of carbonyl (C=O) groups excluding carboxylic acids is 2. The molecule has 1 N–H and O–H groups in total. The number of hydrogen-bond acceptors (Lipinski definition) is 3. The summed E-state index contributed by atoms with van der Waals surface area (Å²) < 4.78 is 5.07. The lowest BCUT2D eigenvalue weighted by atomic mass is 10.2. The number of halogens is 1. The van der Waals surface area contributed by atoms with E-state index in [4.69, 9.17) is 16.3 Å². The minimum Gasteiger partial charge on any atom is -0.495 e. The number of ether oxygens (including phenoxy) is 1. The molecule has 0 aliphatic carbocycles. The van der Waals surface area contributed by atoms with Gasteiger partial charge in [-0.2, -0.15) is 0 Å². The lowest BCUT2D eigenvalue weighted by Gasteiger charge is -2.17. The highest BCUT2D eigenvalue weighted by Crippen LogP contribution is 2.27. The predicted molar refractivity (Wildman–Crippen MR) is 100 cm³/mol. The molecule has 132 valence electrons. The number of anilines is 2. The summed E-state index contributed by atoms with van der Waals surface area (Å²) in [4.78, 5) is 25.7. The van der Waals surface area contributed by atoms with Gasteiger partial charge >= 0.3 is 0 Å². The van der Waals surface area contributed by atoms with E-state index in [0.717, 1.165) is 5.69 Å². The summed E-state index contributed by atoms with van der Waals surface area (Å²) >= 11 is 6.03. The van der Waals surface area contributed by atoms with Crippen LogP contribution in [0.2, 0.25) is 5.02 Å². The van der Waals surface area contributed by atoms with Crippen molar-refractivity contribution in [3.63, 3.8) is 0 Å². The molecule has 25 heavy (non-hydrogen) atoms. The fourth-order valence-corrected chi connectivity index (χ4v) is 2.59. The van der Waals surface area contributed by atoms with E-state index in [-0.39, 0.29) is 18.2 Å². The van der Waals surface area contributed by atoms with Crippen LogP contribution in [0.25, 0.3) is 0 Å². The van der Waals surface area contributed by atoms with Crippen molar-refractivity contribution in [2.75, 3.05) is 24.4 Å². The predicted octanol–water partition coefficient (Wildman–Crippen LogP) is 4.12. The van der Waals surface area contributed by atoms with Crippen molar-refractivity contribution in [3.8, 4) is 5.75 Å². The molecule has 0 atom stereocenters. The first-order valence-corrected chi connectivity index (χ1v) is 8.34. The Hall–Kier alpha value is -2.53. The first-order valence-electron chi connectivity index (χ1n) is 7.96. The Morgan fingerprint density at radius 1 is 1.12 bits per heavy atom. The molecule has 5 nitrogen and oxygen atoms in total. The van der Waals surface area contributed by atoms with Gasteiger partial charge in [0, 0.05) is 31.3 Å². The number of benzene rings is 2. The molecule has 0 saturated heterocycles. The minimum atomic E-state index is -0.156. The Kier molecular flexibility index (Phi) is 6.83. The molecule has 2 amide bonds. The SMILES string of the molecule is COc1ccc(NC(=O)CCCC(=O)N(C)c2ccccc2)cc1Cl. The van der Waals surface area contributed by atoms with Crippen LogP contribution in [0.4, 0.5) is 11.4 Å². The number of nitrogens with one attached hydrogen (secondary N) is 1. The molecule has 2 rings (SSSR count). The molecule has 0 radical (unpaired) electrons. The van der Waals surface area contributed by atoms with Gasteiger partial charge in [0.15, 0.2) is 0 Å². The maximum Gasteiger partial charge on any atom is 0.226 e. The number of amides is 2. The second-order valence-electron chi connectivity index (χ2n) is 5.54. The normalized spacial score (nSPS) is 10.2. The Bertz CT molecular complexity index is 735. The standard InChI is InChI=1S/C19H21ClN2O3/c1-22(15-7-4-3-5-8-15)19(24)10-6-9-18(23)21-14-11-12-17(25-2)16(20)13-14/h3-5,7-8,11-13H,6,9-10H2,1-2H3,(H,21,23). The number of para-hydroxylation sites is 1. The summed E-state index contributed by atoms with van der Waals surface area (Å²) in [5.74, 6) is 0.372. The van der Waals surface area contributed by atoms with E-state index >= 15 is 0 Å². The van der Waals surface area contributed by atoms with Crippen LogP contribution in [-0.4, -0.2) is 26.0 Å². The van der Waals surface area contributed by atoms with Crippen molar-refractivity contribution in [3.05, 3.63) is 53.6 Å². The highest BCUT2D eigenvalue weighted by molar-refractivity contribution is 6.32. The van der Waals surface area contributed by atoms with Crippen LogP contribution in [-0.2, 0) is 9.59 Å². The second kappa shape index (κ2) is 9.08. The van der Waals surface area contributed by atoms with Crippen LogP contribution >= 0.6 is 11.6 Å². The van der Waals surface area contributed by atoms with E-state index in [2.05, 4.69) is 5.32 Å². The average molecular weight is 361 g/mol. The molecular weight excluding hydrogens is 340 g/mol. The third-order valence-electron chi connectivity index (χ3n) is 3.75. The van der Waals surface area contributed by atoms with Gasteiger partial charge in [-0.05, 0) is 36.8 Å². The zero-order valence-corrected chi connectivity index (χ0v) is 15.0. The quantitative estimate of drug-likeness (QED) is 0.808. The van der Waals surface area contributed by atoms with Gasteiger partial charge in [-0.3, -0.25) is 9.59 Å². The summed E-state index contributed by atoms with van der Waals surface area (Å²) in [6.07, 6.45) is 1.05. The maximum atomic E-state index is 12.2. The number of rotatable bonds is 7. The van der Waals surface area contributed by atoms with Crippen LogP contribution in [0.5, 0.6) is 5.75 Å². The van der Waals surface area contributed by atoms with Gasteiger partial charge in [0.05, 0.1) is 12.1 Å². The number of nitrogens with zero attached hydrogens (tertiary/aromatic N) is 1. The Balaban J connectivity index is 1.78. The smallest absolute Gasteiger partial charge is 0.226 e. The monoisotopic (exact) mass is 360 g/mol. The largest absolute Gasteiger partial charge is 0.495 e. The molecule has 0 saturated carbocycles. The Morgan fingerprint density at radius 3 is 2.48 bits per heavy atom. The van der Waals surface area contributed by atoms with E-state index in [0.29, 0.717) is 29.3 Å². The van der Waals surface area contributed by atoms with Gasteiger partial charge in [0.25, 0.3) is 0 Å². The second-order valence-corrected chi connectivity index (χ2v) is 5.95. The van der Waals surface area contributed by atoms with E-state index in [9.17, 15) is 9.59 Å². The van der Waals surface area contributed by atoms with Crippen molar-refractivity contribution in [1.29, 1.82) is 0 Å². The van der Waals surface area contributed by atoms with Gasteiger partial charge in [-0.25, -0.2) is 0 Å². The lowest BCUT2D eigenvalue weighted by molar-refractivity contribution is -0.118. The molecule has 0 aromatic heterocycles. The van der Waals surface area contributed by atoms with Gasteiger partial charge < -0.3 is 15.0 Å². The maximum absolute atomic E-state index is 12.2. The van der Waals surface area contributed by atoms with Crippen molar-refractivity contribution >= 4 is 34.8 Å². The molecular formula is C19H21ClN2O3. The van der Waals surface area contributed by atoms with E-state index in [1.54, 1.807) is 30.1 Å². The molecule has 6 heteroatoms. The van der Waals surface area contributed by atoms with Gasteiger partial charge in [-0.15, -0.1) is 0 Å². The molecule has 0 fully saturated rings. The van der Waals surface area contributed by atoms with E-state index < -0.39 is 0 Å². The molecule has 2 aromatic carbocycles. The third-order valence-corrected chi connectivity index (χ3v) is 4.04. The van der Waals surface area contributed by atoms with Gasteiger partial charge in [0.2, 0.25) is 11.8 Å². The Labute approximate surface area is 152 Å². The van der Waals surface area contributed by atoms with E-state index in [1.165, 1.54) is 7.11 Å². The number of carbonyl (C=O) groups is 2. The lowest BCUT2D eigenvalue weighted by Crippen LogP contribution is -2.26. The van der Waals surface area contributed by atoms with Crippen LogP contribution in [0, 0.1) is 0 Å². The fraction of sp³-hybridized carbons (Fsp3) is 0.263. The molecule has 0 heterocycles. The first kappa shape index (κ1) is 18.8. The molecule has 0 aliphatic heterocycles. The highest BCUT2D eigenvalue weighted by atomic mass is 35.5.